The highest BCUT2D eigenvalue weighted by molar-refractivity contribution is 6.06. The van der Waals surface area contributed by atoms with Crippen LogP contribution in [0.2, 0.25) is 0 Å². The van der Waals surface area contributed by atoms with Gasteiger partial charge < -0.3 is 19.4 Å². The summed E-state index contributed by atoms with van der Waals surface area (Å²) in [7, 11) is 1.30. The van der Waals surface area contributed by atoms with Gasteiger partial charge in [-0.25, -0.2) is 4.79 Å². The summed E-state index contributed by atoms with van der Waals surface area (Å²) in [5, 5.41) is 0. The number of carbonyl (C=O) groups excluding carboxylic acids is 3. The van der Waals surface area contributed by atoms with E-state index in [1.807, 2.05) is 13.8 Å². The Balaban J connectivity index is 2.32. The fourth-order valence-electron chi connectivity index (χ4n) is 3.55. The number of Topliss-reactive ketones (excluding diaryl/α,β-unsaturated/α-hetero) is 1. The summed E-state index contributed by atoms with van der Waals surface area (Å²) in [4.78, 5) is 42.5. The van der Waals surface area contributed by atoms with E-state index in [1.54, 1.807) is 25.7 Å². The molecule has 1 aromatic heterocycles. The SMILES string of the molecule is COC(=O)c1[nH]c(C)c(C(=O)[C@H](C)N(C[C@H]2CCCO2)C(=O)C(C)C)c1C. The van der Waals surface area contributed by atoms with Crippen molar-refractivity contribution in [3.63, 3.8) is 0 Å². The average Bonchev–Trinajstić information content (AvgIpc) is 3.24. The lowest BCUT2D eigenvalue weighted by Crippen LogP contribution is -2.48. The molecule has 7 heteroatoms. The van der Waals surface area contributed by atoms with Gasteiger partial charge in [0.05, 0.1) is 19.3 Å². The van der Waals surface area contributed by atoms with Gasteiger partial charge in [0, 0.05) is 30.3 Å². The number of aromatic nitrogens is 1. The second-order valence-electron chi connectivity index (χ2n) is 7.44. The summed E-state index contributed by atoms with van der Waals surface area (Å²) in [5.41, 5.74) is 1.85. The molecular weight excluding hydrogens is 348 g/mol. The lowest BCUT2D eigenvalue weighted by Gasteiger charge is -2.32. The molecule has 27 heavy (non-hydrogen) atoms. The highest BCUT2D eigenvalue weighted by atomic mass is 16.5. The van der Waals surface area contributed by atoms with E-state index in [9.17, 15) is 14.4 Å². The number of esters is 1. The van der Waals surface area contributed by atoms with Crippen molar-refractivity contribution in [1.82, 2.24) is 9.88 Å². The molecule has 1 amide bonds. The van der Waals surface area contributed by atoms with E-state index in [2.05, 4.69) is 4.98 Å². The topological polar surface area (TPSA) is 88.7 Å². The van der Waals surface area contributed by atoms with Crippen LogP contribution in [-0.2, 0) is 14.3 Å². The molecule has 2 heterocycles. The first-order valence-electron chi connectivity index (χ1n) is 9.42. The summed E-state index contributed by atoms with van der Waals surface area (Å²) >= 11 is 0. The molecule has 1 aliphatic rings. The number of ether oxygens (including phenoxy) is 2. The zero-order chi connectivity index (χ0) is 20.3. The van der Waals surface area contributed by atoms with E-state index in [4.69, 9.17) is 9.47 Å². The van der Waals surface area contributed by atoms with Crippen molar-refractivity contribution in [1.29, 1.82) is 0 Å². The minimum absolute atomic E-state index is 0.0398. The molecule has 2 rings (SSSR count). The number of carbonyl (C=O) groups is 3. The number of aryl methyl sites for hydroxylation is 1. The smallest absolute Gasteiger partial charge is 0.354 e. The lowest BCUT2D eigenvalue weighted by atomic mass is 9.98. The summed E-state index contributed by atoms with van der Waals surface area (Å²) < 4.78 is 10.4. The predicted molar refractivity (Wildman–Crippen MR) is 101 cm³/mol. The molecular formula is C20H30N2O5. The van der Waals surface area contributed by atoms with Gasteiger partial charge in [-0.05, 0) is 39.2 Å². The Labute approximate surface area is 160 Å². The molecule has 0 aliphatic carbocycles. The monoisotopic (exact) mass is 378 g/mol. The summed E-state index contributed by atoms with van der Waals surface area (Å²) in [6.07, 6.45) is 1.81. The highest BCUT2D eigenvalue weighted by Crippen LogP contribution is 2.24. The van der Waals surface area contributed by atoms with Crippen molar-refractivity contribution in [3.05, 3.63) is 22.5 Å². The number of nitrogens with one attached hydrogen (secondary N) is 1. The van der Waals surface area contributed by atoms with Gasteiger partial charge in [-0.3, -0.25) is 9.59 Å². The largest absolute Gasteiger partial charge is 0.464 e. The molecule has 1 saturated heterocycles. The molecule has 0 aromatic carbocycles. The van der Waals surface area contributed by atoms with Crippen molar-refractivity contribution in [3.8, 4) is 0 Å². The van der Waals surface area contributed by atoms with Crippen LogP contribution in [0.1, 0.15) is 65.7 Å². The Hall–Kier alpha value is -2.15. The summed E-state index contributed by atoms with van der Waals surface area (Å²) in [6, 6.07) is -0.650. The van der Waals surface area contributed by atoms with Gasteiger partial charge in [0.25, 0.3) is 0 Å². The normalized spacial score (nSPS) is 17.8. The van der Waals surface area contributed by atoms with Crippen LogP contribution in [0.15, 0.2) is 0 Å². The molecule has 0 spiro atoms. The van der Waals surface area contributed by atoms with E-state index in [0.717, 1.165) is 12.8 Å². The van der Waals surface area contributed by atoms with Crippen LogP contribution in [0.25, 0.3) is 0 Å². The number of ketones is 1. The molecule has 1 aliphatic heterocycles. The fourth-order valence-corrected chi connectivity index (χ4v) is 3.55. The quantitative estimate of drug-likeness (QED) is 0.582. The van der Waals surface area contributed by atoms with Gasteiger partial charge in [-0.15, -0.1) is 0 Å². The third-order valence-electron chi connectivity index (χ3n) is 5.12. The molecule has 0 unspecified atom stereocenters. The van der Waals surface area contributed by atoms with Crippen molar-refractivity contribution >= 4 is 17.7 Å². The molecule has 2 atom stereocenters. The van der Waals surface area contributed by atoms with E-state index in [-0.39, 0.29) is 29.4 Å². The van der Waals surface area contributed by atoms with Crippen molar-refractivity contribution < 1.29 is 23.9 Å². The first-order chi connectivity index (χ1) is 12.7. The summed E-state index contributed by atoms with van der Waals surface area (Å²) in [5.74, 6) is -1.01. The zero-order valence-corrected chi connectivity index (χ0v) is 17.0. The first kappa shape index (κ1) is 21.2. The molecule has 0 bridgehead atoms. The maximum Gasteiger partial charge on any atom is 0.354 e. The maximum atomic E-state index is 13.2. The third-order valence-corrected chi connectivity index (χ3v) is 5.12. The lowest BCUT2D eigenvalue weighted by molar-refractivity contribution is -0.137. The van der Waals surface area contributed by atoms with Crippen molar-refractivity contribution in [2.45, 2.75) is 59.6 Å². The molecule has 1 aromatic rings. The van der Waals surface area contributed by atoms with Crippen LogP contribution < -0.4 is 0 Å². The van der Waals surface area contributed by atoms with Crippen molar-refractivity contribution in [2.75, 3.05) is 20.3 Å². The standard InChI is InChI=1S/C20H30N2O5/c1-11(2)19(24)22(10-15-8-7-9-27-15)14(5)18(23)16-12(3)17(20(25)26-6)21-13(16)4/h11,14-15,21H,7-10H2,1-6H3/t14-,15+/m0/s1. The second-order valence-corrected chi connectivity index (χ2v) is 7.44. The Morgan fingerprint density at radius 1 is 1.26 bits per heavy atom. The number of hydrogen-bond donors (Lipinski definition) is 1. The molecule has 150 valence electrons. The molecule has 7 nitrogen and oxygen atoms in total. The Bertz CT molecular complexity index is 716. The van der Waals surface area contributed by atoms with E-state index >= 15 is 0 Å². The number of rotatable bonds is 7. The van der Waals surface area contributed by atoms with Gasteiger partial charge in [0.2, 0.25) is 5.91 Å². The van der Waals surface area contributed by atoms with Crippen LogP contribution in [0.5, 0.6) is 0 Å². The minimum atomic E-state index is -0.650. The van der Waals surface area contributed by atoms with E-state index in [0.29, 0.717) is 30.0 Å². The zero-order valence-electron chi connectivity index (χ0n) is 17.0. The van der Waals surface area contributed by atoms with Gasteiger partial charge in [0.1, 0.15) is 5.69 Å². The highest BCUT2D eigenvalue weighted by Gasteiger charge is 2.34. The van der Waals surface area contributed by atoms with E-state index in [1.165, 1.54) is 7.11 Å². The maximum absolute atomic E-state index is 13.2. The van der Waals surface area contributed by atoms with Gasteiger partial charge >= 0.3 is 5.97 Å². The number of hydrogen-bond acceptors (Lipinski definition) is 5. The number of amides is 1. The van der Waals surface area contributed by atoms with Gasteiger partial charge in [0.15, 0.2) is 5.78 Å². The van der Waals surface area contributed by atoms with Crippen molar-refractivity contribution in [2.24, 2.45) is 5.92 Å². The second kappa shape index (κ2) is 8.69. The van der Waals surface area contributed by atoms with Crippen LogP contribution in [0.3, 0.4) is 0 Å². The van der Waals surface area contributed by atoms with Gasteiger partial charge in [-0.1, -0.05) is 13.8 Å². The summed E-state index contributed by atoms with van der Waals surface area (Å²) in [6.45, 7) is 9.93. The molecule has 1 fully saturated rings. The van der Waals surface area contributed by atoms with E-state index < -0.39 is 12.0 Å². The molecule has 0 radical (unpaired) electrons. The van der Waals surface area contributed by atoms with Gasteiger partial charge in [-0.2, -0.15) is 0 Å². The van der Waals surface area contributed by atoms with Crippen LogP contribution >= 0.6 is 0 Å². The molecule has 1 N–H and O–H groups in total. The number of aromatic amines is 1. The van der Waals surface area contributed by atoms with Crippen LogP contribution in [0, 0.1) is 19.8 Å². The number of H-pyrrole nitrogens is 1. The Kier molecular flexibility index (Phi) is 6.81. The minimum Gasteiger partial charge on any atom is -0.464 e. The third kappa shape index (κ3) is 4.40. The fraction of sp³-hybridized carbons (Fsp3) is 0.650. The first-order valence-corrected chi connectivity index (χ1v) is 9.42. The van der Waals surface area contributed by atoms with Crippen LogP contribution in [-0.4, -0.2) is 60.0 Å². The Morgan fingerprint density at radius 3 is 2.44 bits per heavy atom. The molecule has 0 saturated carbocycles. The Morgan fingerprint density at radius 2 is 1.93 bits per heavy atom. The number of nitrogens with zero attached hydrogens (tertiary/aromatic N) is 1. The number of methoxy groups -OCH3 is 1. The predicted octanol–water partition coefficient (Wildman–Crippen LogP) is 2.65. The van der Waals surface area contributed by atoms with Crippen LogP contribution in [0.4, 0.5) is 0 Å². The average molecular weight is 378 g/mol.